The van der Waals surface area contributed by atoms with Gasteiger partial charge in [-0.25, -0.2) is 15.0 Å². The number of ether oxygens (including phenoxy) is 1. The SMILES string of the molecule is CCCCC(CCC)(Oc1ccc(O)cc1)c1ncncn1. The van der Waals surface area contributed by atoms with Gasteiger partial charge in [-0.1, -0.05) is 26.7 Å². The Kier molecular flexibility index (Phi) is 5.69. The van der Waals surface area contributed by atoms with Crippen LogP contribution in [-0.2, 0) is 5.60 Å². The fourth-order valence-corrected chi connectivity index (χ4v) is 2.58. The van der Waals surface area contributed by atoms with Crippen molar-refractivity contribution in [3.8, 4) is 11.5 Å². The first kappa shape index (κ1) is 16.2. The second kappa shape index (κ2) is 7.73. The van der Waals surface area contributed by atoms with E-state index in [2.05, 4.69) is 28.8 Å². The lowest BCUT2D eigenvalue weighted by Crippen LogP contribution is -2.35. The van der Waals surface area contributed by atoms with Gasteiger partial charge in [-0.05, 0) is 43.5 Å². The van der Waals surface area contributed by atoms with E-state index in [4.69, 9.17) is 4.74 Å². The van der Waals surface area contributed by atoms with Crippen LogP contribution in [0.2, 0.25) is 0 Å². The van der Waals surface area contributed by atoms with Gasteiger partial charge in [0.15, 0.2) is 11.4 Å². The third kappa shape index (κ3) is 3.93. The highest BCUT2D eigenvalue weighted by Crippen LogP contribution is 2.35. The average Bonchev–Trinajstić information content (AvgIpc) is 2.56. The molecule has 0 fully saturated rings. The zero-order valence-corrected chi connectivity index (χ0v) is 13.2. The van der Waals surface area contributed by atoms with Gasteiger partial charge in [0.25, 0.3) is 0 Å². The summed E-state index contributed by atoms with van der Waals surface area (Å²) in [6, 6.07) is 6.79. The van der Waals surface area contributed by atoms with E-state index >= 15 is 0 Å². The minimum absolute atomic E-state index is 0.224. The third-order valence-electron chi connectivity index (χ3n) is 3.64. The van der Waals surface area contributed by atoms with Crippen LogP contribution < -0.4 is 4.74 Å². The fraction of sp³-hybridized carbons (Fsp3) is 0.471. The third-order valence-corrected chi connectivity index (χ3v) is 3.64. The van der Waals surface area contributed by atoms with Crippen LogP contribution in [0, 0.1) is 0 Å². The molecular weight excluding hydrogens is 278 g/mol. The Bertz CT molecular complexity index is 560. The maximum absolute atomic E-state index is 9.43. The van der Waals surface area contributed by atoms with Crippen LogP contribution >= 0.6 is 0 Å². The van der Waals surface area contributed by atoms with E-state index in [0.717, 1.165) is 32.1 Å². The summed E-state index contributed by atoms with van der Waals surface area (Å²) in [4.78, 5) is 12.6. The minimum atomic E-state index is -0.551. The Labute approximate surface area is 131 Å². The van der Waals surface area contributed by atoms with Crippen LogP contribution in [-0.4, -0.2) is 20.1 Å². The maximum Gasteiger partial charge on any atom is 0.175 e. The molecule has 2 aromatic rings. The fourth-order valence-electron chi connectivity index (χ4n) is 2.58. The summed E-state index contributed by atoms with van der Waals surface area (Å²) >= 11 is 0. The topological polar surface area (TPSA) is 68.1 Å². The molecule has 0 aliphatic carbocycles. The van der Waals surface area contributed by atoms with Crippen LogP contribution in [0.4, 0.5) is 0 Å². The Balaban J connectivity index is 2.35. The van der Waals surface area contributed by atoms with Crippen molar-refractivity contribution in [3.63, 3.8) is 0 Å². The van der Waals surface area contributed by atoms with E-state index in [0.29, 0.717) is 11.6 Å². The molecule has 0 bridgehead atoms. The first-order chi connectivity index (χ1) is 10.7. The second-order valence-electron chi connectivity index (χ2n) is 5.41. The second-order valence-corrected chi connectivity index (χ2v) is 5.41. The first-order valence-electron chi connectivity index (χ1n) is 7.80. The normalized spacial score (nSPS) is 13.5. The summed E-state index contributed by atoms with van der Waals surface area (Å²) in [5, 5.41) is 9.43. The molecule has 5 nitrogen and oxygen atoms in total. The number of rotatable bonds is 8. The lowest BCUT2D eigenvalue weighted by atomic mass is 9.90. The number of phenolic OH excluding ortho intramolecular Hbond substituents is 1. The molecule has 2 rings (SSSR count). The summed E-state index contributed by atoms with van der Waals surface area (Å²) in [5.74, 6) is 1.61. The lowest BCUT2D eigenvalue weighted by molar-refractivity contribution is 0.0343. The van der Waals surface area contributed by atoms with Crippen molar-refractivity contribution < 1.29 is 9.84 Å². The molecule has 0 saturated carbocycles. The van der Waals surface area contributed by atoms with Crippen molar-refractivity contribution in [3.05, 3.63) is 42.7 Å². The molecule has 0 radical (unpaired) electrons. The molecule has 0 saturated heterocycles. The zero-order valence-electron chi connectivity index (χ0n) is 13.2. The molecule has 0 aliphatic rings. The molecule has 118 valence electrons. The van der Waals surface area contributed by atoms with Crippen LogP contribution in [0.25, 0.3) is 0 Å². The monoisotopic (exact) mass is 301 g/mol. The van der Waals surface area contributed by atoms with Crippen LogP contribution in [0.1, 0.15) is 51.8 Å². The smallest absolute Gasteiger partial charge is 0.175 e. The zero-order chi connectivity index (χ0) is 15.8. The average molecular weight is 301 g/mol. The number of phenols is 1. The molecule has 1 aromatic heterocycles. The minimum Gasteiger partial charge on any atom is -0.508 e. The van der Waals surface area contributed by atoms with Crippen molar-refractivity contribution in [1.82, 2.24) is 15.0 Å². The number of hydrogen-bond donors (Lipinski definition) is 1. The van der Waals surface area contributed by atoms with E-state index in [1.165, 1.54) is 12.7 Å². The highest BCUT2D eigenvalue weighted by molar-refractivity contribution is 5.31. The van der Waals surface area contributed by atoms with Gasteiger partial charge in [0.2, 0.25) is 0 Å². The molecule has 1 atom stereocenters. The van der Waals surface area contributed by atoms with Gasteiger partial charge in [0.05, 0.1) is 0 Å². The molecule has 1 N–H and O–H groups in total. The molecule has 1 heterocycles. The Morgan fingerprint density at radius 1 is 1.00 bits per heavy atom. The molecule has 0 amide bonds. The summed E-state index contributed by atoms with van der Waals surface area (Å²) in [7, 11) is 0. The van der Waals surface area contributed by atoms with Crippen molar-refractivity contribution in [2.24, 2.45) is 0 Å². The Morgan fingerprint density at radius 3 is 2.27 bits per heavy atom. The van der Waals surface area contributed by atoms with Crippen molar-refractivity contribution in [2.75, 3.05) is 0 Å². The van der Waals surface area contributed by atoms with Crippen molar-refractivity contribution in [2.45, 2.75) is 51.6 Å². The highest BCUT2D eigenvalue weighted by atomic mass is 16.5. The van der Waals surface area contributed by atoms with Crippen LogP contribution in [0.15, 0.2) is 36.9 Å². The van der Waals surface area contributed by atoms with E-state index in [-0.39, 0.29) is 5.75 Å². The molecule has 22 heavy (non-hydrogen) atoms. The number of aromatic hydroxyl groups is 1. The summed E-state index contributed by atoms with van der Waals surface area (Å²) in [5.41, 5.74) is -0.551. The van der Waals surface area contributed by atoms with Crippen molar-refractivity contribution in [1.29, 1.82) is 0 Å². The standard InChI is InChI=1S/C17H23N3O2/c1-3-5-11-17(10-4-2,16-19-12-18-13-20-16)22-15-8-6-14(21)7-9-15/h6-9,12-13,21H,3-5,10-11H2,1-2H3. The predicted molar refractivity (Wildman–Crippen MR) is 84.7 cm³/mol. The summed E-state index contributed by atoms with van der Waals surface area (Å²) in [6.45, 7) is 4.28. The number of aromatic nitrogens is 3. The number of benzene rings is 1. The van der Waals surface area contributed by atoms with Crippen LogP contribution in [0.5, 0.6) is 11.5 Å². The molecule has 5 heteroatoms. The number of hydrogen-bond acceptors (Lipinski definition) is 5. The van der Waals surface area contributed by atoms with E-state index in [1.807, 2.05) is 0 Å². The van der Waals surface area contributed by atoms with E-state index < -0.39 is 5.60 Å². The predicted octanol–water partition coefficient (Wildman–Crippen LogP) is 3.84. The Hall–Kier alpha value is -2.17. The van der Waals surface area contributed by atoms with Gasteiger partial charge in [-0.3, -0.25) is 0 Å². The van der Waals surface area contributed by atoms with Crippen LogP contribution in [0.3, 0.4) is 0 Å². The first-order valence-corrected chi connectivity index (χ1v) is 7.80. The molecule has 0 aliphatic heterocycles. The number of unbranched alkanes of at least 4 members (excludes halogenated alkanes) is 1. The molecule has 1 unspecified atom stereocenters. The van der Waals surface area contributed by atoms with E-state index in [1.54, 1.807) is 24.3 Å². The lowest BCUT2D eigenvalue weighted by Gasteiger charge is -2.33. The molecule has 1 aromatic carbocycles. The maximum atomic E-state index is 9.43. The quantitative estimate of drug-likeness (QED) is 0.802. The van der Waals surface area contributed by atoms with Gasteiger partial charge in [0.1, 0.15) is 24.2 Å². The highest BCUT2D eigenvalue weighted by Gasteiger charge is 2.36. The Morgan fingerprint density at radius 2 is 1.68 bits per heavy atom. The number of nitrogens with zero attached hydrogens (tertiary/aromatic N) is 3. The largest absolute Gasteiger partial charge is 0.508 e. The van der Waals surface area contributed by atoms with E-state index in [9.17, 15) is 5.11 Å². The molecule has 0 spiro atoms. The summed E-state index contributed by atoms with van der Waals surface area (Å²) in [6.07, 6.45) is 7.78. The van der Waals surface area contributed by atoms with Gasteiger partial charge in [-0.15, -0.1) is 0 Å². The van der Waals surface area contributed by atoms with Gasteiger partial charge < -0.3 is 9.84 Å². The summed E-state index contributed by atoms with van der Waals surface area (Å²) < 4.78 is 6.32. The van der Waals surface area contributed by atoms with Gasteiger partial charge >= 0.3 is 0 Å². The molecular formula is C17H23N3O2. The van der Waals surface area contributed by atoms with Gasteiger partial charge in [-0.2, -0.15) is 0 Å². The van der Waals surface area contributed by atoms with Gasteiger partial charge in [0, 0.05) is 0 Å². The van der Waals surface area contributed by atoms with Crippen molar-refractivity contribution >= 4 is 0 Å².